The van der Waals surface area contributed by atoms with E-state index in [4.69, 9.17) is 0 Å². The minimum absolute atomic E-state index is 0.180. The maximum Gasteiger partial charge on any atom is 0.251 e. The molecule has 2 aromatic carbocycles. The van der Waals surface area contributed by atoms with Crippen LogP contribution in [-0.2, 0) is 0 Å². The van der Waals surface area contributed by atoms with Crippen LogP contribution in [-0.4, -0.2) is 22.7 Å². The van der Waals surface area contributed by atoms with Crippen LogP contribution in [0.2, 0.25) is 0 Å². The molecule has 0 aromatic heterocycles. The van der Waals surface area contributed by atoms with Crippen LogP contribution < -0.4 is 5.32 Å². The van der Waals surface area contributed by atoms with Gasteiger partial charge in [0.25, 0.3) is 5.91 Å². The normalized spacial score (nSPS) is 12.8. The predicted octanol–water partition coefficient (Wildman–Crippen LogP) is 3.24. The number of aliphatic hydroxyl groups is 1. The number of benzene rings is 2. The summed E-state index contributed by atoms with van der Waals surface area (Å²) < 4.78 is 0. The summed E-state index contributed by atoms with van der Waals surface area (Å²) in [5, 5.41) is 12.5. The van der Waals surface area contributed by atoms with E-state index in [1.54, 1.807) is 32.9 Å². The maximum atomic E-state index is 12.2. The van der Waals surface area contributed by atoms with Gasteiger partial charge in [0, 0.05) is 5.56 Å². The molecule has 1 unspecified atom stereocenters. The van der Waals surface area contributed by atoms with E-state index in [-0.39, 0.29) is 5.91 Å². The molecule has 2 aromatic rings. The fourth-order valence-electron chi connectivity index (χ4n) is 1.91. The first kappa shape index (κ1) is 15.3. The molecule has 0 fully saturated rings. The first-order valence-electron chi connectivity index (χ1n) is 7.06. The zero-order chi connectivity index (χ0) is 15.5. The highest BCUT2D eigenvalue weighted by molar-refractivity contribution is 5.95. The Morgan fingerprint density at radius 1 is 1.00 bits per heavy atom. The Balaban J connectivity index is 2.14. The van der Waals surface area contributed by atoms with E-state index >= 15 is 0 Å². The van der Waals surface area contributed by atoms with E-state index in [1.807, 2.05) is 42.5 Å². The number of amides is 1. The van der Waals surface area contributed by atoms with Gasteiger partial charge in [0.1, 0.15) is 0 Å². The second-order valence-corrected chi connectivity index (χ2v) is 5.80. The van der Waals surface area contributed by atoms with Gasteiger partial charge >= 0.3 is 0 Å². The number of carbonyl (C=O) groups is 1. The number of hydrogen-bond acceptors (Lipinski definition) is 2. The molecule has 3 heteroatoms. The zero-order valence-electron chi connectivity index (χ0n) is 12.6. The summed E-state index contributed by atoms with van der Waals surface area (Å²) in [5.74, 6) is -0.180. The topological polar surface area (TPSA) is 49.3 Å². The van der Waals surface area contributed by atoms with Gasteiger partial charge in [-0.25, -0.2) is 0 Å². The molecule has 110 valence electrons. The quantitative estimate of drug-likeness (QED) is 0.905. The molecule has 21 heavy (non-hydrogen) atoms. The molecule has 0 aliphatic rings. The van der Waals surface area contributed by atoms with E-state index in [1.165, 1.54) is 0 Å². The number of hydrogen-bond donors (Lipinski definition) is 2. The molecule has 0 saturated carbocycles. The van der Waals surface area contributed by atoms with E-state index in [9.17, 15) is 9.90 Å². The fourth-order valence-corrected chi connectivity index (χ4v) is 1.91. The lowest BCUT2D eigenvalue weighted by molar-refractivity contribution is 0.0709. The average molecular weight is 283 g/mol. The Kier molecular flexibility index (Phi) is 4.43. The molecule has 0 aliphatic heterocycles. The van der Waals surface area contributed by atoms with Crippen LogP contribution in [0.15, 0.2) is 54.6 Å². The van der Waals surface area contributed by atoms with Gasteiger partial charge in [0.2, 0.25) is 0 Å². The maximum absolute atomic E-state index is 12.2. The molecule has 3 nitrogen and oxygen atoms in total. The van der Waals surface area contributed by atoms with Crippen molar-refractivity contribution in [1.82, 2.24) is 5.32 Å². The zero-order valence-corrected chi connectivity index (χ0v) is 12.6. The SMILES string of the molecule is CC(O)C(C)(C)NC(=O)c1ccc(-c2ccccc2)cc1. The third-order valence-electron chi connectivity index (χ3n) is 3.73. The summed E-state index contributed by atoms with van der Waals surface area (Å²) in [6.07, 6.45) is -0.620. The lowest BCUT2D eigenvalue weighted by Gasteiger charge is -2.29. The Morgan fingerprint density at radius 2 is 1.52 bits per heavy atom. The van der Waals surface area contributed by atoms with Crippen LogP contribution in [0.25, 0.3) is 11.1 Å². The minimum atomic E-state index is -0.658. The van der Waals surface area contributed by atoms with Crippen molar-refractivity contribution >= 4 is 5.91 Å². The fraction of sp³-hybridized carbons (Fsp3) is 0.278. The second kappa shape index (κ2) is 6.10. The van der Waals surface area contributed by atoms with Crippen LogP contribution in [0.1, 0.15) is 31.1 Å². The Labute approximate surface area is 125 Å². The highest BCUT2D eigenvalue weighted by atomic mass is 16.3. The molecule has 2 rings (SSSR count). The van der Waals surface area contributed by atoms with E-state index in [0.29, 0.717) is 5.56 Å². The molecule has 1 amide bonds. The molecule has 0 spiro atoms. The van der Waals surface area contributed by atoms with Gasteiger partial charge in [-0.2, -0.15) is 0 Å². The van der Waals surface area contributed by atoms with Crippen LogP contribution in [0, 0.1) is 0 Å². The predicted molar refractivity (Wildman–Crippen MR) is 85.1 cm³/mol. The van der Waals surface area contributed by atoms with Crippen LogP contribution in [0.4, 0.5) is 0 Å². The van der Waals surface area contributed by atoms with Gasteiger partial charge in [0.15, 0.2) is 0 Å². The Hall–Kier alpha value is -2.13. The minimum Gasteiger partial charge on any atom is -0.391 e. The summed E-state index contributed by atoms with van der Waals surface area (Å²) in [5.41, 5.74) is 2.12. The smallest absolute Gasteiger partial charge is 0.251 e. The highest BCUT2D eigenvalue weighted by Crippen LogP contribution is 2.19. The van der Waals surface area contributed by atoms with Crippen LogP contribution in [0.3, 0.4) is 0 Å². The Morgan fingerprint density at radius 3 is 2.05 bits per heavy atom. The van der Waals surface area contributed by atoms with Crippen molar-refractivity contribution in [3.8, 4) is 11.1 Å². The van der Waals surface area contributed by atoms with Crippen molar-refractivity contribution in [3.05, 3.63) is 60.2 Å². The van der Waals surface area contributed by atoms with Crippen molar-refractivity contribution in [3.63, 3.8) is 0 Å². The van der Waals surface area contributed by atoms with Crippen LogP contribution >= 0.6 is 0 Å². The van der Waals surface area contributed by atoms with Gasteiger partial charge in [-0.05, 0) is 44.0 Å². The molecule has 0 aliphatic carbocycles. The van der Waals surface area contributed by atoms with Gasteiger partial charge < -0.3 is 10.4 Å². The molecule has 0 heterocycles. The van der Waals surface area contributed by atoms with Gasteiger partial charge in [-0.1, -0.05) is 42.5 Å². The number of carbonyl (C=O) groups excluding carboxylic acids is 1. The number of aliphatic hydroxyl groups excluding tert-OH is 1. The average Bonchev–Trinajstić information content (AvgIpc) is 2.48. The summed E-state index contributed by atoms with van der Waals surface area (Å²) in [7, 11) is 0. The molecular formula is C18H21NO2. The van der Waals surface area contributed by atoms with Crippen molar-refractivity contribution in [2.45, 2.75) is 32.4 Å². The van der Waals surface area contributed by atoms with Crippen LogP contribution in [0.5, 0.6) is 0 Å². The van der Waals surface area contributed by atoms with Crippen molar-refractivity contribution in [1.29, 1.82) is 0 Å². The number of nitrogens with one attached hydrogen (secondary N) is 1. The third kappa shape index (κ3) is 3.70. The first-order chi connectivity index (χ1) is 9.90. The summed E-state index contributed by atoms with van der Waals surface area (Å²) in [6.45, 7) is 5.26. The van der Waals surface area contributed by atoms with Gasteiger partial charge in [-0.3, -0.25) is 4.79 Å². The van der Waals surface area contributed by atoms with Gasteiger partial charge in [-0.15, -0.1) is 0 Å². The summed E-state index contributed by atoms with van der Waals surface area (Å²) in [6, 6.07) is 17.5. The molecule has 1 atom stereocenters. The first-order valence-corrected chi connectivity index (χ1v) is 7.06. The number of rotatable bonds is 4. The summed E-state index contributed by atoms with van der Waals surface area (Å²) in [4.78, 5) is 12.2. The third-order valence-corrected chi connectivity index (χ3v) is 3.73. The lowest BCUT2D eigenvalue weighted by Crippen LogP contribution is -2.50. The Bertz CT molecular complexity index is 601. The largest absolute Gasteiger partial charge is 0.391 e. The molecule has 2 N–H and O–H groups in total. The van der Waals surface area contributed by atoms with E-state index in [0.717, 1.165) is 11.1 Å². The second-order valence-electron chi connectivity index (χ2n) is 5.80. The van der Waals surface area contributed by atoms with Crippen molar-refractivity contribution in [2.24, 2.45) is 0 Å². The summed E-state index contributed by atoms with van der Waals surface area (Å²) >= 11 is 0. The molecule has 0 bridgehead atoms. The standard InChI is InChI=1S/C18H21NO2/c1-13(20)18(2,3)19-17(21)16-11-9-15(10-12-16)14-7-5-4-6-8-14/h4-13,20H,1-3H3,(H,19,21). The van der Waals surface area contributed by atoms with E-state index < -0.39 is 11.6 Å². The lowest BCUT2D eigenvalue weighted by atomic mass is 9.97. The monoisotopic (exact) mass is 283 g/mol. The molecule has 0 saturated heterocycles. The molecule has 0 radical (unpaired) electrons. The van der Waals surface area contributed by atoms with E-state index in [2.05, 4.69) is 5.32 Å². The van der Waals surface area contributed by atoms with Crippen molar-refractivity contribution in [2.75, 3.05) is 0 Å². The van der Waals surface area contributed by atoms with Gasteiger partial charge in [0.05, 0.1) is 11.6 Å². The highest BCUT2D eigenvalue weighted by Gasteiger charge is 2.26. The van der Waals surface area contributed by atoms with Crippen molar-refractivity contribution < 1.29 is 9.90 Å². The molecular weight excluding hydrogens is 262 g/mol.